The van der Waals surface area contributed by atoms with Gasteiger partial charge >= 0.3 is 0 Å². The van der Waals surface area contributed by atoms with E-state index in [1.54, 1.807) is 0 Å². The van der Waals surface area contributed by atoms with E-state index in [1.165, 1.54) is 0 Å². The molecule has 0 saturated heterocycles. The number of nitrogens with one attached hydrogen (secondary N) is 1. The van der Waals surface area contributed by atoms with Crippen molar-refractivity contribution in [1.82, 2.24) is 5.43 Å². The van der Waals surface area contributed by atoms with Crippen LogP contribution in [0.25, 0.3) is 11.0 Å². The average molecular weight is 281 g/mol. The minimum Gasteiger partial charge on any atom is -0.458 e. The molecule has 4 heteroatoms. The average Bonchev–Trinajstić information content (AvgIpc) is 2.71. The first-order valence-corrected chi connectivity index (χ1v) is 5.80. The molecule has 0 bridgehead atoms. The molecule has 0 saturated carbocycles. The number of hydrogen-bond acceptors (Lipinski definition) is 3. The predicted octanol–water partition coefficient (Wildman–Crippen LogP) is 3.28. The van der Waals surface area contributed by atoms with Gasteiger partial charge in [0.15, 0.2) is 0 Å². The molecule has 3 N–H and O–H groups in total. The van der Waals surface area contributed by atoms with Gasteiger partial charge in [0, 0.05) is 5.39 Å². The Bertz CT molecular complexity index is 507. The molecule has 1 unspecified atom stereocenters. The lowest BCUT2D eigenvalue weighted by Crippen LogP contribution is -2.27. The lowest BCUT2D eigenvalue weighted by molar-refractivity contribution is 0.438. The molecule has 0 aliphatic rings. The Labute approximate surface area is 102 Å². The molecular formula is C12H13BrN2O. The fourth-order valence-corrected chi connectivity index (χ4v) is 2.11. The lowest BCUT2D eigenvalue weighted by Gasteiger charge is -2.09. The fraction of sp³-hybridized carbons (Fsp3) is 0.167. The smallest absolute Gasteiger partial charge is 0.148 e. The molecule has 0 amide bonds. The largest absolute Gasteiger partial charge is 0.458 e. The molecule has 3 nitrogen and oxygen atoms in total. The normalized spacial score (nSPS) is 12.9. The predicted molar refractivity (Wildman–Crippen MR) is 68.8 cm³/mol. The van der Waals surface area contributed by atoms with Gasteiger partial charge in [0.1, 0.15) is 11.3 Å². The Hall–Kier alpha value is -1.10. The Morgan fingerprint density at radius 3 is 3.00 bits per heavy atom. The molecule has 2 rings (SSSR count). The van der Waals surface area contributed by atoms with E-state index in [-0.39, 0.29) is 6.04 Å². The topological polar surface area (TPSA) is 51.2 Å². The van der Waals surface area contributed by atoms with Crippen LogP contribution in [-0.4, -0.2) is 0 Å². The van der Waals surface area contributed by atoms with E-state index in [9.17, 15) is 0 Å². The van der Waals surface area contributed by atoms with E-state index in [2.05, 4.69) is 27.9 Å². The van der Waals surface area contributed by atoms with Crippen molar-refractivity contribution in [2.75, 3.05) is 0 Å². The van der Waals surface area contributed by atoms with Crippen LogP contribution in [0.2, 0.25) is 0 Å². The zero-order chi connectivity index (χ0) is 11.5. The van der Waals surface area contributed by atoms with E-state index in [0.717, 1.165) is 27.6 Å². The maximum atomic E-state index is 5.77. The van der Waals surface area contributed by atoms with Gasteiger partial charge in [-0.25, -0.2) is 5.43 Å². The third-order valence-electron chi connectivity index (χ3n) is 2.46. The van der Waals surface area contributed by atoms with E-state index < -0.39 is 0 Å². The van der Waals surface area contributed by atoms with Gasteiger partial charge in [-0.1, -0.05) is 18.2 Å². The maximum Gasteiger partial charge on any atom is 0.148 e. The highest BCUT2D eigenvalue weighted by Gasteiger charge is 2.14. The second-order valence-electron chi connectivity index (χ2n) is 3.55. The van der Waals surface area contributed by atoms with Crippen LogP contribution in [0.15, 0.2) is 45.8 Å². The standard InChI is InChI=1S/C12H13BrN2O/c1-2-4-10(15-14)11-7-8-5-3-6-9(13)12(8)16-11/h2-3,5-7,10,15H,1,4,14H2. The Balaban J connectivity index is 2.45. The third-order valence-corrected chi connectivity index (χ3v) is 3.09. The second-order valence-corrected chi connectivity index (χ2v) is 4.40. The van der Waals surface area contributed by atoms with Gasteiger partial charge in [-0.2, -0.15) is 0 Å². The zero-order valence-electron chi connectivity index (χ0n) is 8.74. The molecule has 0 aliphatic carbocycles. The van der Waals surface area contributed by atoms with Gasteiger partial charge in [-0.15, -0.1) is 6.58 Å². The zero-order valence-corrected chi connectivity index (χ0v) is 10.3. The first-order valence-electron chi connectivity index (χ1n) is 5.01. The lowest BCUT2D eigenvalue weighted by atomic mass is 10.1. The van der Waals surface area contributed by atoms with Crippen molar-refractivity contribution in [3.63, 3.8) is 0 Å². The third kappa shape index (κ3) is 2.04. The van der Waals surface area contributed by atoms with E-state index in [0.29, 0.717) is 0 Å². The summed E-state index contributed by atoms with van der Waals surface area (Å²) in [6.07, 6.45) is 2.54. The van der Waals surface area contributed by atoms with Gasteiger partial charge in [0.25, 0.3) is 0 Å². The molecule has 16 heavy (non-hydrogen) atoms. The number of benzene rings is 1. The SMILES string of the molecule is C=CCC(NN)c1cc2cccc(Br)c2o1. The van der Waals surface area contributed by atoms with Crippen LogP contribution in [0, 0.1) is 0 Å². The number of fused-ring (bicyclic) bond motifs is 1. The van der Waals surface area contributed by atoms with Crippen LogP contribution >= 0.6 is 15.9 Å². The summed E-state index contributed by atoms with van der Waals surface area (Å²) >= 11 is 3.45. The molecule has 1 aromatic heterocycles. The number of halogens is 1. The molecule has 0 spiro atoms. The number of rotatable bonds is 4. The van der Waals surface area contributed by atoms with Crippen molar-refractivity contribution in [2.24, 2.45) is 5.84 Å². The molecule has 84 valence electrons. The van der Waals surface area contributed by atoms with Crippen molar-refractivity contribution in [1.29, 1.82) is 0 Å². The number of hydrazine groups is 1. The molecule has 0 aliphatic heterocycles. The van der Waals surface area contributed by atoms with Gasteiger partial charge in [-0.05, 0) is 34.5 Å². The van der Waals surface area contributed by atoms with E-state index >= 15 is 0 Å². The van der Waals surface area contributed by atoms with Crippen LogP contribution in [0.4, 0.5) is 0 Å². The summed E-state index contributed by atoms with van der Waals surface area (Å²) in [4.78, 5) is 0. The number of furan rings is 1. The second kappa shape index (κ2) is 4.82. The summed E-state index contributed by atoms with van der Waals surface area (Å²) in [6.45, 7) is 3.70. The first kappa shape index (κ1) is 11.4. The van der Waals surface area contributed by atoms with Crippen LogP contribution in [0.1, 0.15) is 18.2 Å². The van der Waals surface area contributed by atoms with Crippen LogP contribution < -0.4 is 11.3 Å². The quantitative estimate of drug-likeness (QED) is 0.513. The molecule has 1 atom stereocenters. The summed E-state index contributed by atoms with van der Waals surface area (Å²) in [5, 5.41) is 1.06. The highest BCUT2D eigenvalue weighted by atomic mass is 79.9. The van der Waals surface area contributed by atoms with E-state index in [4.69, 9.17) is 10.3 Å². The Morgan fingerprint density at radius 1 is 1.56 bits per heavy atom. The minimum atomic E-state index is -0.0307. The van der Waals surface area contributed by atoms with Crippen molar-refractivity contribution < 1.29 is 4.42 Å². The number of para-hydroxylation sites is 1. The van der Waals surface area contributed by atoms with Crippen LogP contribution in [0.3, 0.4) is 0 Å². The van der Waals surface area contributed by atoms with Crippen LogP contribution in [0.5, 0.6) is 0 Å². The summed E-state index contributed by atoms with van der Waals surface area (Å²) in [7, 11) is 0. The minimum absolute atomic E-state index is 0.0307. The monoisotopic (exact) mass is 280 g/mol. The highest BCUT2D eigenvalue weighted by molar-refractivity contribution is 9.10. The fourth-order valence-electron chi connectivity index (χ4n) is 1.65. The highest BCUT2D eigenvalue weighted by Crippen LogP contribution is 2.30. The molecular weight excluding hydrogens is 268 g/mol. The Kier molecular flexibility index (Phi) is 3.43. The number of nitrogens with two attached hydrogens (primary N) is 1. The first-order chi connectivity index (χ1) is 7.76. The van der Waals surface area contributed by atoms with Crippen molar-refractivity contribution >= 4 is 26.9 Å². The molecule has 0 radical (unpaired) electrons. The maximum absolute atomic E-state index is 5.77. The molecule has 2 aromatic rings. The van der Waals surface area contributed by atoms with Gasteiger partial charge in [-0.3, -0.25) is 5.84 Å². The Morgan fingerprint density at radius 2 is 2.38 bits per heavy atom. The summed E-state index contributed by atoms with van der Waals surface area (Å²) < 4.78 is 6.72. The molecule has 0 fully saturated rings. The summed E-state index contributed by atoms with van der Waals surface area (Å²) in [5.74, 6) is 6.30. The molecule has 1 aromatic carbocycles. The van der Waals surface area contributed by atoms with Gasteiger partial charge in [0.2, 0.25) is 0 Å². The van der Waals surface area contributed by atoms with E-state index in [1.807, 2.05) is 30.3 Å². The van der Waals surface area contributed by atoms with Gasteiger partial charge < -0.3 is 4.42 Å². The van der Waals surface area contributed by atoms with Gasteiger partial charge in [0.05, 0.1) is 10.5 Å². The molecule has 1 heterocycles. The summed E-state index contributed by atoms with van der Waals surface area (Å²) in [6, 6.07) is 7.90. The van der Waals surface area contributed by atoms with Crippen molar-refractivity contribution in [2.45, 2.75) is 12.5 Å². The van der Waals surface area contributed by atoms with Crippen molar-refractivity contribution in [3.8, 4) is 0 Å². The summed E-state index contributed by atoms with van der Waals surface area (Å²) in [5.41, 5.74) is 3.57. The van der Waals surface area contributed by atoms with Crippen LogP contribution in [-0.2, 0) is 0 Å². The number of hydrogen-bond donors (Lipinski definition) is 2. The van der Waals surface area contributed by atoms with Crippen molar-refractivity contribution in [3.05, 3.63) is 47.2 Å².